The molecule has 2 aliphatic rings. The molecule has 0 saturated heterocycles. The van der Waals surface area contributed by atoms with Crippen molar-refractivity contribution in [2.75, 3.05) is 0 Å². The predicted molar refractivity (Wildman–Crippen MR) is 70.3 cm³/mol. The van der Waals surface area contributed by atoms with E-state index in [0.717, 1.165) is 11.8 Å². The van der Waals surface area contributed by atoms with Gasteiger partial charge in [-0.25, -0.2) is 0 Å². The fourth-order valence-corrected chi connectivity index (χ4v) is 3.27. The van der Waals surface area contributed by atoms with E-state index >= 15 is 0 Å². The number of rotatable bonds is 3. The van der Waals surface area contributed by atoms with Crippen molar-refractivity contribution in [3.8, 4) is 0 Å². The van der Waals surface area contributed by atoms with Crippen LogP contribution in [-0.4, -0.2) is 6.04 Å². The molecule has 0 aromatic heterocycles. The lowest BCUT2D eigenvalue weighted by atomic mass is 9.77. The molecule has 92 valence electrons. The summed E-state index contributed by atoms with van der Waals surface area (Å²) in [6, 6.07) is 0.442. The summed E-state index contributed by atoms with van der Waals surface area (Å²) in [5.41, 5.74) is 8.03. The van der Waals surface area contributed by atoms with Gasteiger partial charge in [0.1, 0.15) is 0 Å². The molecule has 0 aromatic carbocycles. The molecule has 2 aliphatic carbocycles. The Balaban J connectivity index is 1.78. The van der Waals surface area contributed by atoms with Crippen molar-refractivity contribution in [2.45, 2.75) is 70.8 Å². The van der Waals surface area contributed by atoms with Crippen molar-refractivity contribution < 1.29 is 0 Å². The minimum atomic E-state index is 0.442. The molecule has 1 saturated carbocycles. The highest BCUT2D eigenvalue weighted by atomic mass is 14.7. The zero-order valence-electron chi connectivity index (χ0n) is 10.8. The molecule has 0 bridgehead atoms. The van der Waals surface area contributed by atoms with Gasteiger partial charge in [-0.3, -0.25) is 0 Å². The number of hydrogen-bond acceptors (Lipinski definition) is 1. The van der Waals surface area contributed by atoms with Gasteiger partial charge >= 0.3 is 0 Å². The SMILES string of the molecule is CC1CCC(C(N)CC2=CCCCC2)CC1. The molecule has 1 heteroatoms. The van der Waals surface area contributed by atoms with Crippen LogP contribution < -0.4 is 5.73 Å². The van der Waals surface area contributed by atoms with Crippen LogP contribution in [-0.2, 0) is 0 Å². The van der Waals surface area contributed by atoms with Crippen LogP contribution in [0.5, 0.6) is 0 Å². The summed E-state index contributed by atoms with van der Waals surface area (Å²) >= 11 is 0. The van der Waals surface area contributed by atoms with Gasteiger partial charge < -0.3 is 5.73 Å². The van der Waals surface area contributed by atoms with E-state index in [1.807, 2.05) is 0 Å². The third-order valence-corrected chi connectivity index (χ3v) is 4.55. The minimum Gasteiger partial charge on any atom is -0.327 e. The highest BCUT2D eigenvalue weighted by molar-refractivity contribution is 5.07. The Hall–Kier alpha value is -0.300. The van der Waals surface area contributed by atoms with Crippen molar-refractivity contribution in [1.82, 2.24) is 0 Å². The second-order valence-corrected chi connectivity index (χ2v) is 6.00. The highest BCUT2D eigenvalue weighted by Gasteiger charge is 2.24. The van der Waals surface area contributed by atoms with Crippen molar-refractivity contribution >= 4 is 0 Å². The number of allylic oxidation sites excluding steroid dienone is 1. The fourth-order valence-electron chi connectivity index (χ4n) is 3.27. The molecule has 0 aliphatic heterocycles. The van der Waals surface area contributed by atoms with Gasteiger partial charge in [-0.1, -0.05) is 31.4 Å². The van der Waals surface area contributed by atoms with Gasteiger partial charge in [0, 0.05) is 6.04 Å². The van der Waals surface area contributed by atoms with E-state index in [4.69, 9.17) is 5.73 Å². The van der Waals surface area contributed by atoms with Crippen molar-refractivity contribution in [2.24, 2.45) is 17.6 Å². The molecule has 2 rings (SSSR count). The molecule has 1 unspecified atom stereocenters. The van der Waals surface area contributed by atoms with Gasteiger partial charge in [-0.2, -0.15) is 0 Å². The summed E-state index contributed by atoms with van der Waals surface area (Å²) in [4.78, 5) is 0. The zero-order valence-corrected chi connectivity index (χ0v) is 10.8. The largest absolute Gasteiger partial charge is 0.327 e. The Morgan fingerprint density at radius 1 is 1.25 bits per heavy atom. The molecule has 16 heavy (non-hydrogen) atoms. The third kappa shape index (κ3) is 3.35. The topological polar surface area (TPSA) is 26.0 Å². The average molecular weight is 221 g/mol. The normalized spacial score (nSPS) is 33.2. The Morgan fingerprint density at radius 3 is 2.62 bits per heavy atom. The molecule has 0 heterocycles. The Morgan fingerprint density at radius 2 is 2.00 bits per heavy atom. The summed E-state index contributed by atoms with van der Waals surface area (Å²) < 4.78 is 0. The molecule has 1 fully saturated rings. The number of nitrogens with two attached hydrogens (primary N) is 1. The van der Waals surface area contributed by atoms with Crippen LogP contribution in [0.25, 0.3) is 0 Å². The van der Waals surface area contributed by atoms with Gasteiger partial charge in [0.2, 0.25) is 0 Å². The minimum absolute atomic E-state index is 0.442. The molecule has 1 nitrogen and oxygen atoms in total. The zero-order chi connectivity index (χ0) is 11.4. The number of hydrogen-bond donors (Lipinski definition) is 1. The summed E-state index contributed by atoms with van der Waals surface area (Å²) in [5.74, 6) is 1.75. The lowest BCUT2D eigenvalue weighted by Gasteiger charge is -2.31. The van der Waals surface area contributed by atoms with Gasteiger partial charge in [-0.15, -0.1) is 0 Å². The van der Waals surface area contributed by atoms with E-state index in [-0.39, 0.29) is 0 Å². The Kier molecular flexibility index (Phi) is 4.45. The quantitative estimate of drug-likeness (QED) is 0.715. The van der Waals surface area contributed by atoms with Crippen molar-refractivity contribution in [3.63, 3.8) is 0 Å². The first-order valence-corrected chi connectivity index (χ1v) is 7.19. The van der Waals surface area contributed by atoms with Gasteiger partial charge in [-0.05, 0) is 56.8 Å². The smallest absolute Gasteiger partial charge is 0.0105 e. The Bertz CT molecular complexity index is 236. The van der Waals surface area contributed by atoms with E-state index in [9.17, 15) is 0 Å². The molecular weight excluding hydrogens is 194 g/mol. The van der Waals surface area contributed by atoms with Crippen LogP contribution >= 0.6 is 0 Å². The monoisotopic (exact) mass is 221 g/mol. The van der Waals surface area contributed by atoms with Gasteiger partial charge in [0.25, 0.3) is 0 Å². The van der Waals surface area contributed by atoms with Crippen molar-refractivity contribution in [3.05, 3.63) is 11.6 Å². The summed E-state index contributed by atoms with van der Waals surface area (Å²) in [6.07, 6.45) is 14.6. The lowest BCUT2D eigenvalue weighted by molar-refractivity contribution is 0.252. The summed E-state index contributed by atoms with van der Waals surface area (Å²) in [5, 5.41) is 0. The van der Waals surface area contributed by atoms with E-state index in [0.29, 0.717) is 6.04 Å². The molecule has 0 amide bonds. The van der Waals surface area contributed by atoms with Crippen LogP contribution in [0.15, 0.2) is 11.6 Å². The first-order chi connectivity index (χ1) is 7.75. The standard InChI is InChI=1S/C15H27N/c1-12-7-9-14(10-8-12)15(16)11-13-5-3-2-4-6-13/h5,12,14-15H,2-4,6-11,16H2,1H3. The van der Waals surface area contributed by atoms with Crippen molar-refractivity contribution in [1.29, 1.82) is 0 Å². The molecule has 0 spiro atoms. The first kappa shape index (κ1) is 12.2. The highest BCUT2D eigenvalue weighted by Crippen LogP contribution is 2.32. The van der Waals surface area contributed by atoms with Crippen LogP contribution in [0.1, 0.15) is 64.7 Å². The third-order valence-electron chi connectivity index (χ3n) is 4.55. The maximum absolute atomic E-state index is 6.38. The van der Waals surface area contributed by atoms with E-state index in [1.165, 1.54) is 57.8 Å². The molecule has 0 aromatic rings. The van der Waals surface area contributed by atoms with Crippen LogP contribution in [0.3, 0.4) is 0 Å². The maximum Gasteiger partial charge on any atom is 0.0105 e. The van der Waals surface area contributed by atoms with E-state index < -0.39 is 0 Å². The Labute approximate surface area is 100 Å². The predicted octanol–water partition coefficient (Wildman–Crippen LogP) is 4.03. The van der Waals surface area contributed by atoms with Crippen LogP contribution in [0, 0.1) is 11.8 Å². The van der Waals surface area contributed by atoms with E-state index in [1.54, 1.807) is 5.57 Å². The lowest BCUT2D eigenvalue weighted by Crippen LogP contribution is -2.33. The molecule has 2 N–H and O–H groups in total. The van der Waals surface area contributed by atoms with Crippen LogP contribution in [0.4, 0.5) is 0 Å². The van der Waals surface area contributed by atoms with E-state index in [2.05, 4.69) is 13.0 Å². The molecular formula is C15H27N. The van der Waals surface area contributed by atoms with Gasteiger partial charge in [0.15, 0.2) is 0 Å². The fraction of sp³-hybridized carbons (Fsp3) is 0.867. The van der Waals surface area contributed by atoms with Gasteiger partial charge in [0.05, 0.1) is 0 Å². The summed E-state index contributed by atoms with van der Waals surface area (Å²) in [7, 11) is 0. The second-order valence-electron chi connectivity index (χ2n) is 6.00. The molecule has 0 radical (unpaired) electrons. The average Bonchev–Trinajstić information content (AvgIpc) is 2.31. The first-order valence-electron chi connectivity index (χ1n) is 7.19. The maximum atomic E-state index is 6.38. The van der Waals surface area contributed by atoms with Crippen LogP contribution in [0.2, 0.25) is 0 Å². The molecule has 1 atom stereocenters. The summed E-state index contributed by atoms with van der Waals surface area (Å²) in [6.45, 7) is 2.38. The second kappa shape index (κ2) is 5.86.